The molecule has 0 saturated carbocycles. The van der Waals surface area contributed by atoms with Crippen molar-refractivity contribution < 1.29 is 20.4 Å². The van der Waals surface area contributed by atoms with Crippen molar-refractivity contribution in [1.82, 2.24) is 0 Å². The number of aromatic hydroxyl groups is 4. The third-order valence-corrected chi connectivity index (χ3v) is 5.31. The molecule has 4 nitrogen and oxygen atoms in total. The zero-order valence-electron chi connectivity index (χ0n) is 15.9. The molecule has 5 rings (SSSR count). The van der Waals surface area contributed by atoms with E-state index in [1.807, 2.05) is 48.5 Å². The molecule has 0 heterocycles. The average molecular weight is 394 g/mol. The number of hydrogen-bond donors (Lipinski definition) is 4. The van der Waals surface area contributed by atoms with Gasteiger partial charge in [-0.3, -0.25) is 0 Å². The molecule has 5 aromatic rings. The molecule has 5 aromatic carbocycles. The quantitative estimate of drug-likeness (QED) is 0.271. The Morgan fingerprint density at radius 3 is 0.900 bits per heavy atom. The predicted molar refractivity (Wildman–Crippen MR) is 119 cm³/mol. The number of phenolic OH excluding ortho intramolecular Hbond substituents is 4. The smallest absolute Gasteiger partial charge is 0.119 e. The van der Waals surface area contributed by atoms with Gasteiger partial charge in [0.2, 0.25) is 0 Å². The highest BCUT2D eigenvalue weighted by Gasteiger charge is 2.17. The van der Waals surface area contributed by atoms with Crippen molar-refractivity contribution in [2.24, 2.45) is 0 Å². The Kier molecular flexibility index (Phi) is 4.00. The lowest BCUT2D eigenvalue weighted by Gasteiger charge is -2.18. The van der Waals surface area contributed by atoms with Crippen LogP contribution < -0.4 is 0 Å². The van der Waals surface area contributed by atoms with Gasteiger partial charge in [-0.2, -0.15) is 0 Å². The van der Waals surface area contributed by atoms with Crippen molar-refractivity contribution in [3.8, 4) is 45.3 Å². The van der Waals surface area contributed by atoms with Crippen LogP contribution in [0.1, 0.15) is 0 Å². The Balaban J connectivity index is 1.99. The molecule has 30 heavy (non-hydrogen) atoms. The Bertz CT molecular complexity index is 1230. The van der Waals surface area contributed by atoms with Gasteiger partial charge in [0, 0.05) is 12.1 Å². The molecule has 0 bridgehead atoms. The first kappa shape index (κ1) is 17.9. The summed E-state index contributed by atoms with van der Waals surface area (Å²) in [5.41, 5.74) is 3.18. The van der Waals surface area contributed by atoms with Crippen LogP contribution in [-0.2, 0) is 0 Å². The van der Waals surface area contributed by atoms with Crippen LogP contribution in [0.5, 0.6) is 23.0 Å². The summed E-state index contributed by atoms with van der Waals surface area (Å²) in [5.74, 6) is -0.0550. The van der Waals surface area contributed by atoms with Gasteiger partial charge in [-0.1, -0.05) is 48.5 Å². The van der Waals surface area contributed by atoms with E-state index < -0.39 is 0 Å². The molecule has 0 saturated heterocycles. The summed E-state index contributed by atoms with van der Waals surface area (Å²) < 4.78 is 0. The summed E-state index contributed by atoms with van der Waals surface area (Å²) in [4.78, 5) is 0. The van der Waals surface area contributed by atoms with Crippen molar-refractivity contribution in [2.45, 2.75) is 0 Å². The van der Waals surface area contributed by atoms with E-state index in [0.717, 1.165) is 32.7 Å². The van der Waals surface area contributed by atoms with Crippen LogP contribution in [0.25, 0.3) is 43.8 Å². The summed E-state index contributed by atoms with van der Waals surface area (Å²) in [6.45, 7) is 0. The second kappa shape index (κ2) is 6.71. The summed E-state index contributed by atoms with van der Waals surface area (Å²) in [6, 6.07) is 24.8. The molecular weight excluding hydrogens is 376 g/mol. The van der Waals surface area contributed by atoms with Crippen LogP contribution in [0.15, 0.2) is 84.9 Å². The van der Waals surface area contributed by atoms with Gasteiger partial charge < -0.3 is 20.4 Å². The normalized spacial score (nSPS) is 11.2. The summed E-state index contributed by atoms with van der Waals surface area (Å²) in [5, 5.41) is 44.0. The average Bonchev–Trinajstić information content (AvgIpc) is 2.70. The Hall–Kier alpha value is -4.18. The zero-order chi connectivity index (χ0) is 20.8. The molecule has 0 amide bonds. The van der Waals surface area contributed by atoms with Crippen LogP contribution in [-0.4, -0.2) is 20.4 Å². The molecule has 0 spiro atoms. The van der Waals surface area contributed by atoms with E-state index in [-0.39, 0.29) is 23.0 Å². The summed E-state index contributed by atoms with van der Waals surface area (Å²) in [6.07, 6.45) is 0. The van der Waals surface area contributed by atoms with Gasteiger partial charge in [0.25, 0.3) is 0 Å². The van der Waals surface area contributed by atoms with Crippen LogP contribution in [0, 0.1) is 0 Å². The number of phenols is 4. The fourth-order valence-electron chi connectivity index (χ4n) is 4.23. The van der Waals surface area contributed by atoms with Gasteiger partial charge in [0.05, 0.1) is 0 Å². The van der Waals surface area contributed by atoms with E-state index in [0.29, 0.717) is 11.1 Å². The molecule has 0 aliphatic carbocycles. The SMILES string of the molecule is Oc1cc(O)cc(-c2c3ccccc3c(-c3cc(O)cc(O)c3)c3ccccc23)c1. The van der Waals surface area contributed by atoms with Gasteiger partial charge in [0.15, 0.2) is 0 Å². The largest absolute Gasteiger partial charge is 0.508 e. The molecule has 0 atom stereocenters. The van der Waals surface area contributed by atoms with Crippen LogP contribution in [0.3, 0.4) is 0 Å². The highest BCUT2D eigenvalue weighted by Crippen LogP contribution is 2.45. The Morgan fingerprint density at radius 1 is 0.367 bits per heavy atom. The molecular formula is C26H18O4. The number of hydrogen-bond acceptors (Lipinski definition) is 4. The molecule has 4 N–H and O–H groups in total. The van der Waals surface area contributed by atoms with E-state index in [1.54, 1.807) is 24.3 Å². The molecule has 0 aromatic heterocycles. The van der Waals surface area contributed by atoms with E-state index in [9.17, 15) is 20.4 Å². The van der Waals surface area contributed by atoms with Crippen LogP contribution in [0.2, 0.25) is 0 Å². The van der Waals surface area contributed by atoms with Gasteiger partial charge in [-0.25, -0.2) is 0 Å². The predicted octanol–water partition coefficient (Wildman–Crippen LogP) is 6.15. The molecule has 0 aliphatic rings. The fraction of sp³-hybridized carbons (Fsp3) is 0. The topological polar surface area (TPSA) is 80.9 Å². The second-order valence-corrected chi connectivity index (χ2v) is 7.32. The summed E-state index contributed by atoms with van der Waals surface area (Å²) >= 11 is 0. The van der Waals surface area contributed by atoms with Crippen molar-refractivity contribution >= 4 is 21.5 Å². The monoisotopic (exact) mass is 394 g/mol. The van der Waals surface area contributed by atoms with Crippen molar-refractivity contribution in [3.05, 3.63) is 84.9 Å². The van der Waals surface area contributed by atoms with Crippen LogP contribution >= 0.6 is 0 Å². The molecule has 0 aliphatic heterocycles. The number of rotatable bonds is 2. The van der Waals surface area contributed by atoms with E-state index in [1.165, 1.54) is 12.1 Å². The number of benzene rings is 5. The second-order valence-electron chi connectivity index (χ2n) is 7.32. The minimum absolute atomic E-state index is 0.0138. The van der Waals surface area contributed by atoms with E-state index in [2.05, 4.69) is 0 Å². The zero-order valence-corrected chi connectivity index (χ0v) is 15.9. The Morgan fingerprint density at radius 2 is 0.633 bits per heavy atom. The lowest BCUT2D eigenvalue weighted by molar-refractivity contribution is 0.450. The lowest BCUT2D eigenvalue weighted by atomic mass is 9.86. The van der Waals surface area contributed by atoms with Gasteiger partial charge in [0.1, 0.15) is 23.0 Å². The maximum Gasteiger partial charge on any atom is 0.119 e. The van der Waals surface area contributed by atoms with Gasteiger partial charge >= 0.3 is 0 Å². The standard InChI is InChI=1S/C26H18O4/c27-17-9-15(10-18(28)13-17)25-21-5-1-2-6-22(21)26(24-8-4-3-7-23(24)25)16-11-19(29)14-20(30)12-16/h1-14,27-30H. The third-order valence-electron chi connectivity index (χ3n) is 5.31. The number of fused-ring (bicyclic) bond motifs is 2. The van der Waals surface area contributed by atoms with E-state index in [4.69, 9.17) is 0 Å². The minimum atomic E-state index is -0.0138. The van der Waals surface area contributed by atoms with Crippen molar-refractivity contribution in [1.29, 1.82) is 0 Å². The van der Waals surface area contributed by atoms with Crippen LogP contribution in [0.4, 0.5) is 0 Å². The molecule has 0 unspecified atom stereocenters. The first-order valence-electron chi connectivity index (χ1n) is 9.51. The molecule has 0 fully saturated rings. The fourth-order valence-corrected chi connectivity index (χ4v) is 4.23. The maximum absolute atomic E-state index is 10.1. The van der Waals surface area contributed by atoms with Crippen molar-refractivity contribution in [2.75, 3.05) is 0 Å². The van der Waals surface area contributed by atoms with E-state index >= 15 is 0 Å². The maximum atomic E-state index is 10.1. The van der Waals surface area contributed by atoms with Gasteiger partial charge in [-0.05, 0) is 68.1 Å². The first-order chi connectivity index (χ1) is 14.5. The Labute approximate surface area is 172 Å². The van der Waals surface area contributed by atoms with Gasteiger partial charge in [-0.15, -0.1) is 0 Å². The lowest BCUT2D eigenvalue weighted by Crippen LogP contribution is -1.91. The highest BCUT2D eigenvalue weighted by molar-refractivity contribution is 6.21. The molecule has 146 valence electrons. The highest BCUT2D eigenvalue weighted by atomic mass is 16.3. The minimum Gasteiger partial charge on any atom is -0.508 e. The molecule has 0 radical (unpaired) electrons. The summed E-state index contributed by atoms with van der Waals surface area (Å²) in [7, 11) is 0. The molecule has 4 heteroatoms. The third kappa shape index (κ3) is 2.86. The van der Waals surface area contributed by atoms with Crippen molar-refractivity contribution in [3.63, 3.8) is 0 Å². The first-order valence-corrected chi connectivity index (χ1v) is 9.51.